The van der Waals surface area contributed by atoms with Crippen LogP contribution in [-0.2, 0) is 15.0 Å². The predicted molar refractivity (Wildman–Crippen MR) is 89.6 cm³/mol. The lowest BCUT2D eigenvalue weighted by molar-refractivity contribution is -0.125. The zero-order valence-electron chi connectivity index (χ0n) is 14.4. The minimum atomic E-state index is -3.36. The van der Waals surface area contributed by atoms with Gasteiger partial charge in [0.05, 0.1) is 6.54 Å². The minimum absolute atomic E-state index is 0.0841. The zero-order valence-corrected chi connectivity index (χ0v) is 15.2. The summed E-state index contributed by atoms with van der Waals surface area (Å²) in [6.07, 6.45) is 0.696. The van der Waals surface area contributed by atoms with Crippen molar-refractivity contribution < 1.29 is 18.0 Å². The van der Waals surface area contributed by atoms with Gasteiger partial charge >= 0.3 is 6.03 Å². The van der Waals surface area contributed by atoms with Crippen LogP contribution in [0.4, 0.5) is 4.79 Å². The van der Waals surface area contributed by atoms with Crippen LogP contribution < -0.4 is 5.32 Å². The molecule has 9 nitrogen and oxygen atoms in total. The molecule has 2 aliphatic rings. The Balaban J connectivity index is 1.75. The van der Waals surface area contributed by atoms with Crippen molar-refractivity contribution in [1.29, 1.82) is 0 Å². The van der Waals surface area contributed by atoms with E-state index in [1.165, 1.54) is 13.5 Å². The first-order valence-corrected chi connectivity index (χ1v) is 9.85. The van der Waals surface area contributed by atoms with E-state index < -0.39 is 10.2 Å². The van der Waals surface area contributed by atoms with Crippen molar-refractivity contribution in [3.05, 3.63) is 0 Å². The van der Waals surface area contributed by atoms with E-state index in [4.69, 9.17) is 0 Å². The van der Waals surface area contributed by atoms with Crippen molar-refractivity contribution >= 4 is 22.1 Å². The average Bonchev–Trinajstić information content (AvgIpc) is 2.88. The topological polar surface area (TPSA) is 93.3 Å². The molecule has 1 N–H and O–H groups in total. The molecule has 2 saturated heterocycles. The van der Waals surface area contributed by atoms with E-state index in [9.17, 15) is 18.0 Å². The Morgan fingerprint density at radius 2 is 1.67 bits per heavy atom. The van der Waals surface area contributed by atoms with Crippen molar-refractivity contribution in [1.82, 2.24) is 23.7 Å². The Bertz CT molecular complexity index is 540. The highest BCUT2D eigenvalue weighted by Gasteiger charge is 2.31. The lowest BCUT2D eigenvalue weighted by Gasteiger charge is -2.36. The minimum Gasteiger partial charge on any atom is -0.329 e. The smallest absolute Gasteiger partial charge is 0.324 e. The summed E-state index contributed by atoms with van der Waals surface area (Å²) >= 11 is 0. The Hall–Kier alpha value is -1.23. The van der Waals surface area contributed by atoms with Gasteiger partial charge in [-0.05, 0) is 13.0 Å². The summed E-state index contributed by atoms with van der Waals surface area (Å²) < 4.78 is 27.9. The number of nitrogens with zero attached hydrogens (tertiary/aromatic N) is 4. The summed E-state index contributed by atoms with van der Waals surface area (Å²) in [5.74, 6) is -0.185. The number of carbonyl (C=O) groups is 2. The maximum atomic E-state index is 12.5. The van der Waals surface area contributed by atoms with E-state index in [0.29, 0.717) is 52.2 Å². The number of carbonyl (C=O) groups excluding carboxylic acids is 2. The van der Waals surface area contributed by atoms with Gasteiger partial charge in [-0.2, -0.15) is 17.0 Å². The van der Waals surface area contributed by atoms with Crippen LogP contribution in [0.1, 0.15) is 20.3 Å². The molecule has 0 atom stereocenters. The second-order valence-electron chi connectivity index (χ2n) is 5.89. The monoisotopic (exact) mass is 361 g/mol. The van der Waals surface area contributed by atoms with E-state index >= 15 is 0 Å². The summed E-state index contributed by atoms with van der Waals surface area (Å²) in [6, 6.07) is -0.324. The predicted octanol–water partition coefficient (Wildman–Crippen LogP) is -0.867. The van der Waals surface area contributed by atoms with Gasteiger partial charge in [0.1, 0.15) is 0 Å². The molecule has 0 radical (unpaired) electrons. The average molecular weight is 361 g/mol. The van der Waals surface area contributed by atoms with E-state index in [0.717, 1.165) is 6.54 Å². The molecule has 0 saturated carbocycles. The molecule has 0 aromatic carbocycles. The molecule has 2 rings (SSSR count). The van der Waals surface area contributed by atoms with Gasteiger partial charge in [0, 0.05) is 45.8 Å². The van der Waals surface area contributed by atoms with E-state index in [1.54, 1.807) is 0 Å². The van der Waals surface area contributed by atoms with Crippen LogP contribution >= 0.6 is 0 Å². The maximum absolute atomic E-state index is 12.5. The number of nitrogens with one attached hydrogen (secondary N) is 1. The fourth-order valence-electron chi connectivity index (χ4n) is 3.03. The number of amides is 3. The molecule has 3 amide bonds. The Labute approximate surface area is 143 Å². The SMILES string of the molecule is CCN(CC)S(=O)(=O)N1CCN(CCCN2C(=O)CNC2=O)CC1. The van der Waals surface area contributed by atoms with Crippen molar-refractivity contribution in [2.45, 2.75) is 20.3 Å². The van der Waals surface area contributed by atoms with Gasteiger partial charge in [0.15, 0.2) is 0 Å². The summed E-state index contributed by atoms with van der Waals surface area (Å²) in [4.78, 5) is 26.3. The van der Waals surface area contributed by atoms with Gasteiger partial charge in [0.2, 0.25) is 5.91 Å². The summed E-state index contributed by atoms with van der Waals surface area (Å²) in [5, 5.41) is 2.50. The summed E-state index contributed by atoms with van der Waals surface area (Å²) in [6.45, 7) is 8.15. The van der Waals surface area contributed by atoms with Crippen LogP contribution in [0.3, 0.4) is 0 Å². The van der Waals surface area contributed by atoms with Crippen LogP contribution in [0, 0.1) is 0 Å². The molecule has 0 aromatic heterocycles. The number of hydrogen-bond acceptors (Lipinski definition) is 5. The van der Waals surface area contributed by atoms with Crippen molar-refractivity contribution in [2.75, 3.05) is 58.9 Å². The number of rotatable bonds is 8. The molecule has 138 valence electrons. The normalized spacial score (nSPS) is 20.9. The lowest BCUT2D eigenvalue weighted by Crippen LogP contribution is -2.53. The highest BCUT2D eigenvalue weighted by molar-refractivity contribution is 7.86. The molecule has 24 heavy (non-hydrogen) atoms. The van der Waals surface area contributed by atoms with E-state index in [2.05, 4.69) is 10.2 Å². The zero-order chi connectivity index (χ0) is 17.7. The fraction of sp³-hybridized carbons (Fsp3) is 0.857. The number of urea groups is 1. The Kier molecular flexibility index (Phi) is 6.55. The van der Waals surface area contributed by atoms with Gasteiger partial charge in [0.25, 0.3) is 10.2 Å². The van der Waals surface area contributed by atoms with Crippen molar-refractivity contribution in [3.8, 4) is 0 Å². The van der Waals surface area contributed by atoms with E-state index in [-0.39, 0.29) is 18.5 Å². The molecule has 0 aromatic rings. The first-order valence-electron chi connectivity index (χ1n) is 8.46. The Morgan fingerprint density at radius 3 is 2.17 bits per heavy atom. The fourth-order valence-corrected chi connectivity index (χ4v) is 4.63. The van der Waals surface area contributed by atoms with Crippen molar-refractivity contribution in [2.24, 2.45) is 0 Å². The highest BCUT2D eigenvalue weighted by Crippen LogP contribution is 2.12. The third-order valence-electron chi connectivity index (χ3n) is 4.48. The van der Waals surface area contributed by atoms with Crippen LogP contribution in [0.2, 0.25) is 0 Å². The summed E-state index contributed by atoms with van der Waals surface area (Å²) in [5.41, 5.74) is 0. The molecule has 0 bridgehead atoms. The second kappa shape index (κ2) is 8.24. The molecule has 0 unspecified atom stereocenters. The third kappa shape index (κ3) is 4.24. The van der Waals surface area contributed by atoms with Gasteiger partial charge in [-0.3, -0.25) is 9.69 Å². The maximum Gasteiger partial charge on any atom is 0.324 e. The summed E-state index contributed by atoms with van der Waals surface area (Å²) in [7, 11) is -3.36. The van der Waals surface area contributed by atoms with Crippen LogP contribution in [0.25, 0.3) is 0 Å². The first-order chi connectivity index (χ1) is 11.4. The highest BCUT2D eigenvalue weighted by atomic mass is 32.2. The van der Waals surface area contributed by atoms with Crippen LogP contribution in [0.5, 0.6) is 0 Å². The standard InChI is InChI=1S/C14H27N5O4S/c1-3-17(4-2)24(22,23)18-10-8-16(9-11-18)6-5-7-19-13(20)12-15-14(19)21/h3-12H2,1-2H3,(H,15,21). The lowest BCUT2D eigenvalue weighted by atomic mass is 10.3. The number of hydrogen-bond donors (Lipinski definition) is 1. The van der Waals surface area contributed by atoms with Gasteiger partial charge in [-0.1, -0.05) is 13.8 Å². The third-order valence-corrected chi connectivity index (χ3v) is 6.67. The molecule has 2 heterocycles. The van der Waals surface area contributed by atoms with Gasteiger partial charge in [-0.15, -0.1) is 0 Å². The van der Waals surface area contributed by atoms with Gasteiger partial charge < -0.3 is 10.2 Å². The molecular formula is C14H27N5O4S. The van der Waals surface area contributed by atoms with Crippen LogP contribution in [0.15, 0.2) is 0 Å². The molecule has 0 spiro atoms. The quantitative estimate of drug-likeness (QED) is 0.568. The van der Waals surface area contributed by atoms with Gasteiger partial charge in [-0.25, -0.2) is 4.79 Å². The molecule has 2 aliphatic heterocycles. The Morgan fingerprint density at radius 1 is 1.04 bits per heavy atom. The van der Waals surface area contributed by atoms with Crippen LogP contribution in [-0.4, -0.2) is 97.7 Å². The molecule has 10 heteroatoms. The first kappa shape index (κ1) is 19.1. The number of piperazine rings is 1. The molecule has 0 aliphatic carbocycles. The molecule has 2 fully saturated rings. The number of imide groups is 1. The van der Waals surface area contributed by atoms with E-state index in [1.807, 2.05) is 13.8 Å². The van der Waals surface area contributed by atoms with Crippen molar-refractivity contribution in [3.63, 3.8) is 0 Å². The largest absolute Gasteiger partial charge is 0.329 e. The molecular weight excluding hydrogens is 334 g/mol. The second-order valence-corrected chi connectivity index (χ2v) is 7.82.